The van der Waals surface area contributed by atoms with Gasteiger partial charge in [0.15, 0.2) is 11.5 Å². The largest absolute Gasteiger partial charge is 0.504 e. The van der Waals surface area contributed by atoms with Crippen molar-refractivity contribution in [3.8, 4) is 22.6 Å². The highest BCUT2D eigenvalue weighted by molar-refractivity contribution is 5.97. The number of carbonyl (C=O) groups is 1. The van der Waals surface area contributed by atoms with E-state index in [9.17, 15) is 19.8 Å². The summed E-state index contributed by atoms with van der Waals surface area (Å²) in [7, 11) is 4.07. The molecular formula is C41H44N6O5. The minimum Gasteiger partial charge on any atom is -0.504 e. The summed E-state index contributed by atoms with van der Waals surface area (Å²) in [6.07, 6.45) is 10.3. The van der Waals surface area contributed by atoms with E-state index in [0.717, 1.165) is 75.2 Å². The predicted octanol–water partition coefficient (Wildman–Crippen LogP) is 4.55. The summed E-state index contributed by atoms with van der Waals surface area (Å²) in [6.45, 7) is 8.82. The van der Waals surface area contributed by atoms with Crippen LogP contribution in [0.1, 0.15) is 74.4 Å². The van der Waals surface area contributed by atoms with E-state index in [0.29, 0.717) is 16.9 Å². The number of aryl methyl sites for hydroxylation is 3. The predicted molar refractivity (Wildman–Crippen MR) is 197 cm³/mol. The number of phenols is 1. The van der Waals surface area contributed by atoms with Gasteiger partial charge in [0.25, 0.3) is 11.5 Å². The average molecular weight is 701 g/mol. The topological polar surface area (TPSA) is 137 Å². The molecule has 1 spiro atoms. The Hall–Kier alpha value is -5.13. The second-order valence-electron chi connectivity index (χ2n) is 15.5. The zero-order chi connectivity index (χ0) is 36.4. The van der Waals surface area contributed by atoms with Crippen molar-refractivity contribution < 1.29 is 19.7 Å². The number of amides is 1. The van der Waals surface area contributed by atoms with Crippen LogP contribution in [-0.2, 0) is 25.4 Å². The molecule has 2 aliphatic carbocycles. The number of benzene rings is 1. The molecule has 9 rings (SSSR count). The van der Waals surface area contributed by atoms with Crippen LogP contribution in [0, 0.1) is 26.7 Å². The van der Waals surface area contributed by atoms with E-state index in [-0.39, 0.29) is 41.6 Å². The van der Waals surface area contributed by atoms with Crippen molar-refractivity contribution in [2.75, 3.05) is 13.6 Å². The first-order chi connectivity index (χ1) is 24.9. The van der Waals surface area contributed by atoms with E-state index >= 15 is 0 Å². The lowest BCUT2D eigenvalue weighted by atomic mass is 9.52. The van der Waals surface area contributed by atoms with Gasteiger partial charge in [-0.05, 0) is 93.7 Å². The molecule has 11 nitrogen and oxygen atoms in total. The Labute approximate surface area is 301 Å². The molecule has 4 aliphatic rings. The van der Waals surface area contributed by atoms with Crippen LogP contribution < -0.4 is 15.6 Å². The van der Waals surface area contributed by atoms with Crippen molar-refractivity contribution in [3.63, 3.8) is 0 Å². The van der Waals surface area contributed by atoms with Gasteiger partial charge in [0.05, 0.1) is 6.20 Å². The summed E-state index contributed by atoms with van der Waals surface area (Å²) in [5, 5.41) is 30.4. The molecule has 1 fully saturated rings. The van der Waals surface area contributed by atoms with Gasteiger partial charge < -0.3 is 34.6 Å². The van der Waals surface area contributed by atoms with E-state index in [1.165, 1.54) is 0 Å². The summed E-state index contributed by atoms with van der Waals surface area (Å²) in [6, 6.07) is 7.95. The molecule has 1 aromatic carbocycles. The van der Waals surface area contributed by atoms with Gasteiger partial charge in [0, 0.05) is 94.0 Å². The van der Waals surface area contributed by atoms with Gasteiger partial charge in [-0.2, -0.15) is 5.10 Å². The van der Waals surface area contributed by atoms with Gasteiger partial charge in [-0.25, -0.2) is 0 Å². The maximum absolute atomic E-state index is 14.1. The van der Waals surface area contributed by atoms with Gasteiger partial charge in [-0.15, -0.1) is 0 Å². The number of likely N-dealkylation sites (N-methyl/N-ethyl adjacent to an activating group) is 1. The van der Waals surface area contributed by atoms with Gasteiger partial charge in [-0.1, -0.05) is 19.1 Å². The standard InChI is InChI=1S/C41H44N6O5/c1-20-11-21(2)44-40(51)30(20)17-42-39(50)28-13-26-12-24(25-16-43-46(6)18-25)19-47(26)36(23(28)4)22(3)27-15-34(49)37-35-29(27)14-32-31-7-8-33(48)38(52-37)41(31,35)9-10-45(32)5/h7-8,11-13,15-16,18-19,22,31-33,38,48-49H,9-10,14,17H2,1-6H3,(H,42,50)(H,44,51)/t22?,31-,32+,33-,38-,41-/m0/s1. The van der Waals surface area contributed by atoms with Crippen LogP contribution in [0.25, 0.3) is 16.6 Å². The van der Waals surface area contributed by atoms with Crippen molar-refractivity contribution >= 4 is 11.4 Å². The first kappa shape index (κ1) is 32.8. The normalized spacial score (nSPS) is 24.9. The van der Waals surface area contributed by atoms with Crippen molar-refractivity contribution in [2.24, 2.45) is 13.0 Å². The molecule has 6 heterocycles. The maximum Gasteiger partial charge on any atom is 0.253 e. The fraction of sp³-hybridized carbons (Fsp3) is 0.390. The number of piperidine rings is 1. The van der Waals surface area contributed by atoms with Gasteiger partial charge in [0.1, 0.15) is 12.2 Å². The fourth-order valence-electron chi connectivity index (χ4n) is 10.1. The molecule has 5 aromatic rings. The molecule has 2 bridgehead atoms. The third kappa shape index (κ3) is 4.54. The van der Waals surface area contributed by atoms with Gasteiger partial charge >= 0.3 is 0 Å². The van der Waals surface area contributed by atoms with Crippen molar-refractivity contribution in [3.05, 3.63) is 116 Å². The number of rotatable bonds is 6. The van der Waals surface area contributed by atoms with Crippen LogP contribution in [-0.4, -0.2) is 72.0 Å². The first-order valence-corrected chi connectivity index (χ1v) is 18.1. The zero-order valence-electron chi connectivity index (χ0n) is 30.3. The van der Waals surface area contributed by atoms with Crippen molar-refractivity contribution in [1.82, 2.24) is 29.4 Å². The number of aliphatic hydroxyl groups excluding tert-OH is 1. The quantitative estimate of drug-likeness (QED) is 0.191. The Balaban J connectivity index is 1.20. The Morgan fingerprint density at radius 2 is 1.94 bits per heavy atom. The molecule has 2 aliphatic heterocycles. The number of aromatic nitrogens is 4. The van der Waals surface area contributed by atoms with Crippen LogP contribution in [0.5, 0.6) is 11.5 Å². The van der Waals surface area contributed by atoms with E-state index in [4.69, 9.17) is 4.74 Å². The molecule has 4 N–H and O–H groups in total. The van der Waals surface area contributed by atoms with E-state index in [1.807, 2.05) is 64.5 Å². The molecule has 1 saturated heterocycles. The summed E-state index contributed by atoms with van der Waals surface area (Å²) in [4.78, 5) is 32.2. The van der Waals surface area contributed by atoms with E-state index in [1.54, 1.807) is 4.68 Å². The van der Waals surface area contributed by atoms with E-state index in [2.05, 4.69) is 57.0 Å². The lowest BCUT2D eigenvalue weighted by Crippen LogP contribution is -2.64. The first-order valence-electron chi connectivity index (χ1n) is 18.1. The van der Waals surface area contributed by atoms with Crippen LogP contribution in [0.3, 0.4) is 0 Å². The lowest BCUT2D eigenvalue weighted by Gasteiger charge is -2.56. The highest BCUT2D eigenvalue weighted by Gasteiger charge is 2.64. The second kappa shape index (κ2) is 11.4. The summed E-state index contributed by atoms with van der Waals surface area (Å²) in [5.74, 6) is 0.224. The number of aromatic hydroxyl groups is 1. The fourth-order valence-corrected chi connectivity index (χ4v) is 10.1. The minimum absolute atomic E-state index is 0.0812. The Kier molecular flexibility index (Phi) is 7.20. The molecule has 0 saturated carbocycles. The third-order valence-electron chi connectivity index (χ3n) is 12.6. The number of hydrogen-bond acceptors (Lipinski definition) is 7. The number of nitrogens with zero attached hydrogens (tertiary/aromatic N) is 4. The van der Waals surface area contributed by atoms with E-state index < -0.39 is 17.6 Å². The SMILES string of the molecule is Cc1cc(C)c(CNC(=O)c2cc3cc(-c4cnn(C)c4)cn3c(C(C)c3cc(O)c4c5c3C[C@@H]3[C@@H]6C=C[C@H](O)[C@H](O4)[C@]56CCN3C)c2C)c(=O)[nH]1. The smallest absolute Gasteiger partial charge is 0.253 e. The van der Waals surface area contributed by atoms with Crippen molar-refractivity contribution in [2.45, 2.75) is 76.7 Å². The number of H-pyrrole nitrogens is 1. The van der Waals surface area contributed by atoms with Crippen LogP contribution >= 0.6 is 0 Å². The Morgan fingerprint density at radius 1 is 1.13 bits per heavy atom. The molecular weight excluding hydrogens is 656 g/mol. The minimum atomic E-state index is -0.763. The number of fused-ring (bicyclic) bond motifs is 1. The number of likely N-dealkylation sites (tertiary alicyclic amines) is 1. The Bertz CT molecular complexity index is 2420. The van der Waals surface area contributed by atoms with Crippen LogP contribution in [0.15, 0.2) is 59.8 Å². The lowest BCUT2D eigenvalue weighted by molar-refractivity contribution is -0.0454. The molecule has 1 amide bonds. The summed E-state index contributed by atoms with van der Waals surface area (Å²) >= 11 is 0. The van der Waals surface area contributed by atoms with Crippen LogP contribution in [0.2, 0.25) is 0 Å². The number of ether oxygens (including phenoxy) is 1. The summed E-state index contributed by atoms with van der Waals surface area (Å²) < 4.78 is 10.5. The molecule has 268 valence electrons. The number of carbonyl (C=O) groups excluding carboxylic acids is 1. The van der Waals surface area contributed by atoms with Gasteiger partial charge in [0.2, 0.25) is 0 Å². The highest BCUT2D eigenvalue weighted by atomic mass is 16.5. The third-order valence-corrected chi connectivity index (χ3v) is 12.6. The highest BCUT2D eigenvalue weighted by Crippen LogP contribution is 2.63. The molecule has 1 unspecified atom stereocenters. The Morgan fingerprint density at radius 3 is 2.69 bits per heavy atom. The number of nitrogens with one attached hydrogen (secondary N) is 2. The molecule has 52 heavy (non-hydrogen) atoms. The molecule has 4 aromatic heterocycles. The average Bonchev–Trinajstić information content (AvgIpc) is 3.82. The number of phenolic OH excluding ortho intramolecular Hbond substituents is 1. The zero-order valence-corrected chi connectivity index (χ0v) is 30.3. The van der Waals surface area contributed by atoms with Crippen LogP contribution in [0.4, 0.5) is 0 Å². The number of hydrogen-bond donors (Lipinski definition) is 4. The van der Waals surface area contributed by atoms with Gasteiger partial charge in [-0.3, -0.25) is 14.3 Å². The monoisotopic (exact) mass is 700 g/mol. The van der Waals surface area contributed by atoms with Crippen molar-refractivity contribution in [1.29, 1.82) is 0 Å². The number of pyridine rings is 2. The number of aliphatic hydroxyl groups is 1. The summed E-state index contributed by atoms with van der Waals surface area (Å²) in [5.41, 5.74) is 9.70. The second-order valence-corrected chi connectivity index (χ2v) is 15.5. The maximum atomic E-state index is 14.1. The number of aromatic amines is 1. The molecule has 11 heteroatoms. The molecule has 6 atom stereocenters. The molecule has 0 radical (unpaired) electrons.